The van der Waals surface area contributed by atoms with Crippen LogP contribution in [0.1, 0.15) is 133 Å². The highest BCUT2D eigenvalue weighted by molar-refractivity contribution is 5.91. The molecule has 31 heavy (non-hydrogen) atoms. The van der Waals surface area contributed by atoms with Crippen molar-refractivity contribution in [2.24, 2.45) is 0 Å². The molecule has 0 fully saturated rings. The van der Waals surface area contributed by atoms with Gasteiger partial charge in [0, 0.05) is 0 Å². The molecule has 0 saturated heterocycles. The minimum Gasteiger partial charge on any atom is -0.481 e. The molecule has 0 spiro atoms. The summed E-state index contributed by atoms with van der Waals surface area (Å²) in [7, 11) is 0. The van der Waals surface area contributed by atoms with E-state index in [1.807, 2.05) is 18.2 Å². The minimum absolute atomic E-state index is 0.345. The Kier molecular flexibility index (Phi) is 16.7. The molecule has 0 aliphatic rings. The third kappa shape index (κ3) is 14.0. The fourth-order valence-electron chi connectivity index (χ4n) is 4.01. The van der Waals surface area contributed by atoms with Gasteiger partial charge in [0.15, 0.2) is 0 Å². The maximum atomic E-state index is 12.2. The zero-order valence-corrected chi connectivity index (χ0v) is 20.2. The first-order valence-electron chi connectivity index (χ1n) is 12.8. The number of aliphatic hydroxyl groups excluding tert-OH is 1. The van der Waals surface area contributed by atoms with Crippen LogP contribution in [0.5, 0.6) is 0 Å². The van der Waals surface area contributed by atoms with Crippen LogP contribution in [0.3, 0.4) is 0 Å². The van der Waals surface area contributed by atoms with Crippen molar-refractivity contribution in [1.82, 2.24) is 0 Å². The predicted molar refractivity (Wildman–Crippen MR) is 131 cm³/mol. The second-order valence-corrected chi connectivity index (χ2v) is 8.73. The van der Waals surface area contributed by atoms with Crippen LogP contribution in [-0.4, -0.2) is 11.1 Å². The van der Waals surface area contributed by atoms with Crippen LogP contribution in [0.4, 0.5) is 0 Å². The Labute approximate surface area is 191 Å². The summed E-state index contributed by atoms with van der Waals surface area (Å²) < 4.78 is 4.94. The van der Waals surface area contributed by atoms with Crippen molar-refractivity contribution < 1.29 is 14.6 Å². The molecule has 0 atom stereocenters. The van der Waals surface area contributed by atoms with Crippen molar-refractivity contribution in [3.8, 4) is 0 Å². The third-order valence-corrected chi connectivity index (χ3v) is 5.98. The smallest absolute Gasteiger partial charge is 0.346 e. The number of hydrogen-bond donors (Lipinski definition) is 1. The van der Waals surface area contributed by atoms with Gasteiger partial charge in [-0.2, -0.15) is 0 Å². The first-order chi connectivity index (χ1) is 15.2. The summed E-state index contributed by atoms with van der Waals surface area (Å²) in [5, 5.41) is 9.42. The molecule has 0 heterocycles. The van der Waals surface area contributed by atoms with Gasteiger partial charge in [-0.05, 0) is 37.5 Å². The largest absolute Gasteiger partial charge is 0.481 e. The van der Waals surface area contributed by atoms with Crippen LogP contribution in [0.15, 0.2) is 36.3 Å². The van der Waals surface area contributed by atoms with Crippen LogP contribution in [0, 0.1) is 0 Å². The SMILES string of the molecule is C/C=C(\O)OC(=O)c1ccccc1CCCCCCCCCCCCCCCCCC. The predicted octanol–water partition coefficient (Wildman–Crippen LogP) is 9.07. The van der Waals surface area contributed by atoms with Crippen LogP contribution in [0.25, 0.3) is 0 Å². The van der Waals surface area contributed by atoms with Crippen LogP contribution in [0.2, 0.25) is 0 Å². The number of benzene rings is 1. The van der Waals surface area contributed by atoms with E-state index < -0.39 is 5.97 Å². The van der Waals surface area contributed by atoms with Crippen molar-refractivity contribution in [2.75, 3.05) is 0 Å². The molecule has 176 valence electrons. The third-order valence-electron chi connectivity index (χ3n) is 5.98. The molecular formula is C28H46O3. The van der Waals surface area contributed by atoms with Crippen molar-refractivity contribution >= 4 is 5.97 Å². The van der Waals surface area contributed by atoms with Gasteiger partial charge < -0.3 is 9.84 Å². The molecule has 3 nitrogen and oxygen atoms in total. The lowest BCUT2D eigenvalue weighted by atomic mass is 10.00. The molecule has 0 aromatic heterocycles. The summed E-state index contributed by atoms with van der Waals surface area (Å²) >= 11 is 0. The lowest BCUT2D eigenvalue weighted by molar-refractivity contribution is 0.0444. The van der Waals surface area contributed by atoms with E-state index in [4.69, 9.17) is 4.74 Å². The number of esters is 1. The summed E-state index contributed by atoms with van der Waals surface area (Å²) in [4.78, 5) is 12.2. The van der Waals surface area contributed by atoms with Gasteiger partial charge in [-0.3, -0.25) is 0 Å². The van der Waals surface area contributed by atoms with E-state index in [1.54, 1.807) is 13.0 Å². The number of aliphatic hydroxyl groups is 1. The highest BCUT2D eigenvalue weighted by atomic mass is 16.6. The van der Waals surface area contributed by atoms with Crippen LogP contribution >= 0.6 is 0 Å². The molecule has 1 N–H and O–H groups in total. The lowest BCUT2D eigenvalue weighted by Crippen LogP contribution is -2.08. The molecule has 0 radical (unpaired) electrons. The Bertz CT molecular complexity index is 606. The van der Waals surface area contributed by atoms with E-state index in [-0.39, 0.29) is 5.95 Å². The van der Waals surface area contributed by atoms with E-state index in [2.05, 4.69) is 6.92 Å². The highest BCUT2D eigenvalue weighted by Gasteiger charge is 2.13. The van der Waals surface area contributed by atoms with Gasteiger partial charge in [0.1, 0.15) is 0 Å². The van der Waals surface area contributed by atoms with Gasteiger partial charge >= 0.3 is 5.97 Å². The number of carbonyl (C=O) groups is 1. The standard InChI is InChI=1S/C28H46O3/c1-3-5-6-7-8-9-10-11-12-13-14-15-16-17-18-19-22-25-23-20-21-24-26(25)28(30)31-27(29)4-2/h4,20-21,23-24,29H,3,5-19,22H2,1-2H3/b27-4+. The second-order valence-electron chi connectivity index (χ2n) is 8.73. The number of aryl methyl sites for hydroxylation is 1. The molecule has 1 rings (SSSR count). The van der Waals surface area contributed by atoms with Gasteiger partial charge in [-0.1, -0.05) is 121 Å². The average molecular weight is 431 g/mol. The fraction of sp³-hybridized carbons (Fsp3) is 0.679. The Hall–Kier alpha value is -1.77. The molecule has 0 aliphatic heterocycles. The monoisotopic (exact) mass is 430 g/mol. The van der Waals surface area contributed by atoms with Crippen molar-refractivity contribution in [2.45, 2.75) is 123 Å². The van der Waals surface area contributed by atoms with Gasteiger partial charge in [0.25, 0.3) is 5.95 Å². The molecule has 0 saturated carbocycles. The van der Waals surface area contributed by atoms with Gasteiger partial charge in [0.2, 0.25) is 0 Å². The molecule has 0 aliphatic carbocycles. The van der Waals surface area contributed by atoms with E-state index in [0.717, 1.165) is 18.4 Å². The molecule has 3 heteroatoms. The number of ether oxygens (including phenoxy) is 1. The lowest BCUT2D eigenvalue weighted by Gasteiger charge is -2.09. The van der Waals surface area contributed by atoms with E-state index >= 15 is 0 Å². The molecule has 0 bridgehead atoms. The van der Waals surface area contributed by atoms with Crippen molar-refractivity contribution in [3.05, 3.63) is 47.4 Å². The highest BCUT2D eigenvalue weighted by Crippen LogP contribution is 2.17. The van der Waals surface area contributed by atoms with Crippen LogP contribution in [-0.2, 0) is 11.2 Å². The summed E-state index contributed by atoms with van der Waals surface area (Å²) in [6.07, 6.45) is 24.0. The maximum Gasteiger partial charge on any atom is 0.346 e. The Morgan fingerprint density at radius 3 is 1.71 bits per heavy atom. The number of hydrogen-bond acceptors (Lipinski definition) is 3. The van der Waals surface area contributed by atoms with Crippen LogP contribution < -0.4 is 0 Å². The molecule has 0 amide bonds. The quantitative estimate of drug-likeness (QED) is 0.135. The number of allylic oxidation sites excluding steroid dienone is 1. The normalized spacial score (nSPS) is 11.6. The summed E-state index contributed by atoms with van der Waals surface area (Å²) in [6, 6.07) is 7.54. The van der Waals surface area contributed by atoms with Gasteiger partial charge in [0.05, 0.1) is 5.56 Å². The summed E-state index contributed by atoms with van der Waals surface area (Å²) in [5.74, 6) is -0.829. The zero-order valence-electron chi connectivity index (χ0n) is 20.2. The van der Waals surface area contributed by atoms with Gasteiger partial charge in [-0.25, -0.2) is 4.79 Å². The van der Waals surface area contributed by atoms with Crippen molar-refractivity contribution in [3.63, 3.8) is 0 Å². The van der Waals surface area contributed by atoms with E-state index in [9.17, 15) is 9.90 Å². The van der Waals surface area contributed by atoms with Gasteiger partial charge in [-0.15, -0.1) is 0 Å². The maximum absolute atomic E-state index is 12.2. The average Bonchev–Trinajstić information content (AvgIpc) is 2.78. The Balaban J connectivity index is 2.01. The van der Waals surface area contributed by atoms with E-state index in [1.165, 1.54) is 102 Å². The molecule has 1 aromatic carbocycles. The van der Waals surface area contributed by atoms with E-state index in [0.29, 0.717) is 5.56 Å². The first-order valence-corrected chi connectivity index (χ1v) is 12.8. The number of unbranched alkanes of at least 4 members (excludes halogenated alkanes) is 15. The molecular weight excluding hydrogens is 384 g/mol. The molecule has 0 unspecified atom stereocenters. The molecule has 1 aromatic rings. The first kappa shape index (κ1) is 27.3. The Morgan fingerprint density at radius 2 is 1.23 bits per heavy atom. The number of carbonyl (C=O) groups excluding carboxylic acids is 1. The zero-order chi connectivity index (χ0) is 22.6. The Morgan fingerprint density at radius 1 is 0.774 bits per heavy atom. The number of rotatable bonds is 19. The van der Waals surface area contributed by atoms with Crippen molar-refractivity contribution in [1.29, 1.82) is 0 Å². The minimum atomic E-state index is -0.484. The summed E-state index contributed by atoms with van der Waals surface area (Å²) in [6.45, 7) is 3.91. The topological polar surface area (TPSA) is 46.5 Å². The second kappa shape index (κ2) is 19.0. The summed E-state index contributed by atoms with van der Waals surface area (Å²) in [5.41, 5.74) is 1.55. The fourth-order valence-corrected chi connectivity index (χ4v) is 4.01.